The van der Waals surface area contributed by atoms with Gasteiger partial charge in [0.15, 0.2) is 6.10 Å². The Labute approximate surface area is 198 Å². The maximum atomic E-state index is 12.5. The van der Waals surface area contributed by atoms with Gasteiger partial charge in [0.1, 0.15) is 6.61 Å². The number of hydrogen-bond donors (Lipinski definition) is 4. The molecule has 4 rings (SSSR count). The van der Waals surface area contributed by atoms with Crippen molar-refractivity contribution in [1.82, 2.24) is 10.6 Å². The Balaban J connectivity index is 1.26. The molecule has 2 aromatic rings. The van der Waals surface area contributed by atoms with Crippen LogP contribution in [0.25, 0.3) is 11.1 Å². The molecule has 0 unspecified atom stereocenters. The summed E-state index contributed by atoms with van der Waals surface area (Å²) in [6.07, 6.45) is 0.375. The highest BCUT2D eigenvalue weighted by Gasteiger charge is 2.33. The van der Waals surface area contributed by atoms with Gasteiger partial charge in [-0.15, -0.1) is 0 Å². The quantitative estimate of drug-likeness (QED) is 0.450. The van der Waals surface area contributed by atoms with E-state index in [9.17, 15) is 19.5 Å². The van der Waals surface area contributed by atoms with Gasteiger partial charge in [-0.05, 0) is 41.0 Å². The van der Waals surface area contributed by atoms with Crippen molar-refractivity contribution in [2.24, 2.45) is 11.8 Å². The lowest BCUT2D eigenvalue weighted by molar-refractivity contribution is -0.147. The van der Waals surface area contributed by atoms with Crippen LogP contribution >= 0.6 is 0 Å². The number of hydrogen-bond acceptors (Lipinski definition) is 5. The van der Waals surface area contributed by atoms with Gasteiger partial charge < -0.3 is 25.6 Å². The average Bonchev–Trinajstić information content (AvgIpc) is 3.44. The predicted octanol–water partition coefficient (Wildman–Crippen LogP) is 2.89. The molecule has 180 valence electrons. The number of aliphatic hydroxyl groups is 1. The van der Waals surface area contributed by atoms with E-state index in [1.807, 2.05) is 24.3 Å². The molecule has 0 aliphatic heterocycles. The number of fused-ring (bicyclic) bond motifs is 3. The van der Waals surface area contributed by atoms with E-state index in [0.717, 1.165) is 24.0 Å². The van der Waals surface area contributed by atoms with E-state index in [1.54, 1.807) is 0 Å². The predicted molar refractivity (Wildman–Crippen MR) is 125 cm³/mol. The van der Waals surface area contributed by atoms with E-state index in [1.165, 1.54) is 11.1 Å². The number of aliphatic carboxylic acids is 1. The number of rotatable bonds is 9. The van der Waals surface area contributed by atoms with Crippen molar-refractivity contribution in [1.29, 1.82) is 0 Å². The van der Waals surface area contributed by atoms with Crippen LogP contribution in [0.5, 0.6) is 0 Å². The van der Waals surface area contributed by atoms with Gasteiger partial charge in [-0.2, -0.15) is 0 Å². The van der Waals surface area contributed by atoms with Crippen molar-refractivity contribution >= 4 is 18.0 Å². The molecule has 0 bridgehead atoms. The second kappa shape index (κ2) is 10.7. The number of carboxylic acids is 1. The molecular formula is C26H30N2O6. The summed E-state index contributed by atoms with van der Waals surface area (Å²) in [5.41, 5.74) is 4.64. The van der Waals surface area contributed by atoms with Crippen LogP contribution in [0.2, 0.25) is 0 Å². The summed E-state index contributed by atoms with van der Waals surface area (Å²) >= 11 is 0. The number of nitrogens with one attached hydrogen (secondary N) is 2. The second-order valence-corrected chi connectivity index (χ2v) is 8.94. The molecule has 0 aromatic heterocycles. The Bertz CT molecular complexity index is 1010. The molecular weight excluding hydrogens is 436 g/mol. The second-order valence-electron chi connectivity index (χ2n) is 8.94. The molecule has 1 fully saturated rings. The number of amides is 2. The first kappa shape index (κ1) is 23.8. The van der Waals surface area contributed by atoms with E-state index < -0.39 is 18.2 Å². The number of ether oxygens (including phenoxy) is 1. The Morgan fingerprint density at radius 1 is 0.971 bits per heavy atom. The zero-order valence-electron chi connectivity index (χ0n) is 18.9. The number of alkyl carbamates (subject to hydrolysis) is 1. The molecule has 1 saturated carbocycles. The van der Waals surface area contributed by atoms with E-state index in [4.69, 9.17) is 9.84 Å². The fourth-order valence-corrected chi connectivity index (χ4v) is 5.08. The lowest BCUT2D eigenvalue weighted by Gasteiger charge is -2.20. The molecule has 8 heteroatoms. The third-order valence-corrected chi connectivity index (χ3v) is 6.85. The van der Waals surface area contributed by atoms with Crippen LogP contribution < -0.4 is 10.6 Å². The number of benzene rings is 2. The van der Waals surface area contributed by atoms with E-state index in [-0.39, 0.29) is 43.2 Å². The minimum absolute atomic E-state index is 0.00937. The van der Waals surface area contributed by atoms with Gasteiger partial charge in [0, 0.05) is 31.3 Å². The molecule has 2 aromatic carbocycles. The molecule has 0 heterocycles. The summed E-state index contributed by atoms with van der Waals surface area (Å²) in [5.74, 6) is -1.75. The van der Waals surface area contributed by atoms with Gasteiger partial charge >= 0.3 is 12.1 Å². The normalized spacial score (nSPS) is 19.7. The van der Waals surface area contributed by atoms with Gasteiger partial charge in [0.2, 0.25) is 5.91 Å². The molecule has 0 saturated heterocycles. The van der Waals surface area contributed by atoms with Crippen LogP contribution in [-0.2, 0) is 14.3 Å². The molecule has 8 nitrogen and oxygen atoms in total. The molecule has 2 aliphatic carbocycles. The highest BCUT2D eigenvalue weighted by atomic mass is 16.5. The van der Waals surface area contributed by atoms with Crippen LogP contribution in [0.15, 0.2) is 48.5 Å². The SMILES string of the molecule is O=C(NC[C@H]1CCC[C@H]1C(=O)NCC[C@H](O)C(=O)O)OCC1c2ccccc2-c2ccccc21. The summed E-state index contributed by atoms with van der Waals surface area (Å²) in [5, 5.41) is 23.6. The first-order valence-electron chi connectivity index (χ1n) is 11.7. The number of carbonyl (C=O) groups excluding carboxylic acids is 2. The largest absolute Gasteiger partial charge is 0.479 e. The highest BCUT2D eigenvalue weighted by molar-refractivity contribution is 5.80. The highest BCUT2D eigenvalue weighted by Crippen LogP contribution is 2.44. The molecule has 4 N–H and O–H groups in total. The minimum Gasteiger partial charge on any atom is -0.479 e. The van der Waals surface area contributed by atoms with Crippen molar-refractivity contribution in [2.45, 2.75) is 37.7 Å². The minimum atomic E-state index is -1.49. The zero-order valence-corrected chi connectivity index (χ0v) is 18.9. The van der Waals surface area contributed by atoms with Crippen LogP contribution in [0.4, 0.5) is 4.79 Å². The fraction of sp³-hybridized carbons (Fsp3) is 0.423. The Kier molecular flexibility index (Phi) is 7.47. The maximum absolute atomic E-state index is 12.5. The summed E-state index contributed by atoms with van der Waals surface area (Å²) in [6.45, 7) is 0.669. The van der Waals surface area contributed by atoms with Gasteiger partial charge in [0.05, 0.1) is 0 Å². The number of carbonyl (C=O) groups is 3. The molecule has 2 amide bonds. The maximum Gasteiger partial charge on any atom is 0.407 e. The van der Waals surface area contributed by atoms with E-state index >= 15 is 0 Å². The molecule has 34 heavy (non-hydrogen) atoms. The molecule has 2 aliphatic rings. The van der Waals surface area contributed by atoms with Crippen LogP contribution in [0, 0.1) is 11.8 Å². The fourth-order valence-electron chi connectivity index (χ4n) is 5.08. The molecule has 0 spiro atoms. The summed E-state index contributed by atoms with van der Waals surface area (Å²) in [7, 11) is 0. The third-order valence-electron chi connectivity index (χ3n) is 6.85. The van der Waals surface area contributed by atoms with Crippen molar-refractivity contribution < 1.29 is 29.3 Å². The van der Waals surface area contributed by atoms with Gasteiger partial charge in [0.25, 0.3) is 0 Å². The summed E-state index contributed by atoms with van der Waals surface area (Å²) in [6, 6.07) is 16.3. The van der Waals surface area contributed by atoms with Crippen molar-refractivity contribution in [2.75, 3.05) is 19.7 Å². The monoisotopic (exact) mass is 466 g/mol. The summed E-state index contributed by atoms with van der Waals surface area (Å²) in [4.78, 5) is 35.6. The smallest absolute Gasteiger partial charge is 0.407 e. The van der Waals surface area contributed by atoms with Crippen molar-refractivity contribution in [3.63, 3.8) is 0 Å². The zero-order chi connectivity index (χ0) is 24.1. The number of carboxylic acid groups (broad SMARTS) is 1. The van der Waals surface area contributed by atoms with Crippen LogP contribution in [0.1, 0.15) is 42.7 Å². The van der Waals surface area contributed by atoms with Gasteiger partial charge in [-0.3, -0.25) is 4.79 Å². The van der Waals surface area contributed by atoms with E-state index in [2.05, 4.69) is 34.9 Å². The third kappa shape index (κ3) is 5.22. The first-order chi connectivity index (χ1) is 16.5. The van der Waals surface area contributed by atoms with Crippen LogP contribution in [0.3, 0.4) is 0 Å². The molecule has 0 radical (unpaired) electrons. The first-order valence-corrected chi connectivity index (χ1v) is 11.7. The average molecular weight is 467 g/mol. The van der Waals surface area contributed by atoms with Crippen LogP contribution in [-0.4, -0.2) is 54.0 Å². The Morgan fingerprint density at radius 2 is 1.62 bits per heavy atom. The van der Waals surface area contributed by atoms with Crippen molar-refractivity contribution in [3.8, 4) is 11.1 Å². The van der Waals surface area contributed by atoms with Crippen molar-refractivity contribution in [3.05, 3.63) is 59.7 Å². The van der Waals surface area contributed by atoms with Gasteiger partial charge in [-0.1, -0.05) is 55.0 Å². The van der Waals surface area contributed by atoms with E-state index in [0.29, 0.717) is 13.0 Å². The van der Waals surface area contributed by atoms with Gasteiger partial charge in [-0.25, -0.2) is 9.59 Å². The standard InChI is InChI=1S/C26H30N2O6/c29-23(25(31)32)12-13-27-24(30)17-11-5-6-16(17)14-28-26(33)34-15-22-20-9-3-1-7-18(20)19-8-2-4-10-21(19)22/h1-4,7-10,16-17,22-23,29H,5-6,11-15H2,(H,27,30)(H,28,33)(H,31,32)/t16-,17-,23+/m1/s1. The Morgan fingerprint density at radius 3 is 2.26 bits per heavy atom. The summed E-state index contributed by atoms with van der Waals surface area (Å²) < 4.78 is 5.57. The molecule has 3 atom stereocenters. The lowest BCUT2D eigenvalue weighted by Crippen LogP contribution is -2.39. The Hall–Kier alpha value is -3.39. The topological polar surface area (TPSA) is 125 Å². The number of aliphatic hydroxyl groups excluding tert-OH is 1. The lowest BCUT2D eigenvalue weighted by atomic mass is 9.95.